The van der Waals surface area contributed by atoms with E-state index in [9.17, 15) is 9.59 Å². The van der Waals surface area contributed by atoms with E-state index in [4.69, 9.17) is 0 Å². The summed E-state index contributed by atoms with van der Waals surface area (Å²) >= 11 is 0. The van der Waals surface area contributed by atoms with Crippen molar-refractivity contribution in [2.24, 2.45) is 0 Å². The van der Waals surface area contributed by atoms with Crippen molar-refractivity contribution in [2.75, 3.05) is 6.54 Å². The molecule has 1 aliphatic carbocycles. The van der Waals surface area contributed by atoms with Crippen molar-refractivity contribution in [1.82, 2.24) is 20.5 Å². The number of hydrogen-bond donors (Lipinski definition) is 2. The van der Waals surface area contributed by atoms with Crippen LogP contribution in [0.2, 0.25) is 0 Å². The van der Waals surface area contributed by atoms with E-state index >= 15 is 0 Å². The van der Waals surface area contributed by atoms with Crippen LogP contribution in [-0.2, 0) is 4.79 Å². The van der Waals surface area contributed by atoms with Gasteiger partial charge in [0, 0.05) is 48.9 Å². The molecule has 1 heterocycles. The predicted molar refractivity (Wildman–Crippen MR) is 147 cm³/mol. The van der Waals surface area contributed by atoms with E-state index in [1.165, 1.54) is 5.56 Å². The number of amides is 3. The van der Waals surface area contributed by atoms with E-state index in [2.05, 4.69) is 27.8 Å². The van der Waals surface area contributed by atoms with Gasteiger partial charge in [0.15, 0.2) is 0 Å². The zero-order valence-electron chi connectivity index (χ0n) is 22.2. The molecule has 6 nitrogen and oxygen atoms in total. The van der Waals surface area contributed by atoms with Gasteiger partial charge in [-0.05, 0) is 56.9 Å². The average Bonchev–Trinajstić information content (AvgIpc) is 3.66. The second-order valence-corrected chi connectivity index (χ2v) is 10.4. The first-order valence-corrected chi connectivity index (χ1v) is 13.2. The minimum absolute atomic E-state index is 0.0420. The molecule has 6 heteroatoms. The van der Waals surface area contributed by atoms with Crippen LogP contribution in [0.15, 0.2) is 85.2 Å². The van der Waals surface area contributed by atoms with Crippen LogP contribution in [0.3, 0.4) is 0 Å². The van der Waals surface area contributed by atoms with Crippen molar-refractivity contribution >= 4 is 11.9 Å². The first-order chi connectivity index (χ1) is 17.9. The number of benzene rings is 2. The number of carbonyl (C=O) groups excluding carboxylic acids is 2. The maximum atomic E-state index is 14.1. The molecule has 2 N–H and O–H groups in total. The lowest BCUT2D eigenvalue weighted by Crippen LogP contribution is -2.47. The molecule has 3 aromatic rings. The maximum Gasteiger partial charge on any atom is 0.315 e. The number of carbonyl (C=O) groups is 2. The molecule has 0 aliphatic heterocycles. The van der Waals surface area contributed by atoms with Crippen molar-refractivity contribution in [2.45, 2.75) is 70.0 Å². The fourth-order valence-electron chi connectivity index (χ4n) is 5.35. The Balaban J connectivity index is 1.56. The summed E-state index contributed by atoms with van der Waals surface area (Å²) in [6.45, 7) is 8.49. The van der Waals surface area contributed by atoms with Gasteiger partial charge in [-0.25, -0.2) is 4.79 Å². The fourth-order valence-corrected chi connectivity index (χ4v) is 5.35. The van der Waals surface area contributed by atoms with Gasteiger partial charge < -0.3 is 15.5 Å². The first kappa shape index (κ1) is 26.4. The summed E-state index contributed by atoms with van der Waals surface area (Å²) in [6.07, 6.45) is 4.43. The van der Waals surface area contributed by atoms with Crippen molar-refractivity contribution in [3.05, 3.63) is 102 Å². The van der Waals surface area contributed by atoms with Crippen molar-refractivity contribution in [1.29, 1.82) is 0 Å². The van der Waals surface area contributed by atoms with Gasteiger partial charge in [0.1, 0.15) is 0 Å². The van der Waals surface area contributed by atoms with Crippen LogP contribution in [-0.4, -0.2) is 46.5 Å². The van der Waals surface area contributed by atoms with Crippen LogP contribution in [0.25, 0.3) is 0 Å². The summed E-state index contributed by atoms with van der Waals surface area (Å²) in [6, 6.07) is 24.1. The number of urea groups is 1. The molecule has 0 radical (unpaired) electrons. The maximum absolute atomic E-state index is 14.1. The predicted octanol–water partition coefficient (Wildman–Crippen LogP) is 5.45. The third kappa shape index (κ3) is 6.56. The Kier molecular flexibility index (Phi) is 8.59. The molecule has 1 saturated carbocycles. The first-order valence-electron chi connectivity index (χ1n) is 13.2. The van der Waals surface area contributed by atoms with E-state index in [1.54, 1.807) is 12.4 Å². The molecular weight excluding hydrogens is 460 g/mol. The number of nitrogens with one attached hydrogen (secondary N) is 2. The second kappa shape index (κ2) is 12.0. The third-order valence-corrected chi connectivity index (χ3v) is 7.12. The van der Waals surface area contributed by atoms with Crippen LogP contribution in [0.1, 0.15) is 68.6 Å². The van der Waals surface area contributed by atoms with Gasteiger partial charge in [0.05, 0.1) is 5.92 Å². The zero-order valence-corrected chi connectivity index (χ0v) is 22.2. The molecule has 4 unspecified atom stereocenters. The quantitative estimate of drug-likeness (QED) is 0.390. The highest BCUT2D eigenvalue weighted by Crippen LogP contribution is 2.40. The van der Waals surface area contributed by atoms with Gasteiger partial charge in [-0.2, -0.15) is 0 Å². The van der Waals surface area contributed by atoms with E-state index < -0.39 is 5.92 Å². The molecule has 194 valence electrons. The number of nitrogens with zero attached hydrogens (tertiary/aromatic N) is 2. The van der Waals surface area contributed by atoms with E-state index in [-0.39, 0.29) is 36.0 Å². The molecule has 1 aromatic heterocycles. The van der Waals surface area contributed by atoms with Gasteiger partial charge in [0.2, 0.25) is 5.91 Å². The summed E-state index contributed by atoms with van der Waals surface area (Å²) < 4.78 is 0. The Hall–Kier alpha value is -3.67. The standard InChI is InChI=1S/C31H38N4O2/c1-21(2)35(22(3)4)30(36)29(25-16-11-17-32-19-25)27(24-14-9-6-10-15-24)20-33-31(37)34-28-18-26(28)23-12-7-5-8-13-23/h5-17,19,21-22,26-29H,18,20H2,1-4H3,(H2,33,34,37). The highest BCUT2D eigenvalue weighted by atomic mass is 16.2. The summed E-state index contributed by atoms with van der Waals surface area (Å²) in [5.74, 6) is -0.348. The van der Waals surface area contributed by atoms with Crippen LogP contribution < -0.4 is 10.6 Å². The Morgan fingerprint density at radius 2 is 1.51 bits per heavy atom. The van der Waals surface area contributed by atoms with Crippen LogP contribution in [0.4, 0.5) is 4.79 Å². The van der Waals surface area contributed by atoms with Crippen molar-refractivity contribution in [3.8, 4) is 0 Å². The number of aromatic nitrogens is 1. The molecule has 0 bridgehead atoms. The van der Waals surface area contributed by atoms with Gasteiger partial charge in [-0.3, -0.25) is 9.78 Å². The SMILES string of the molecule is CC(C)N(C(=O)C(c1cccnc1)C(CNC(=O)NC1CC1c1ccccc1)c1ccccc1)C(C)C. The van der Waals surface area contributed by atoms with Crippen molar-refractivity contribution < 1.29 is 9.59 Å². The third-order valence-electron chi connectivity index (χ3n) is 7.12. The largest absolute Gasteiger partial charge is 0.338 e. The summed E-state index contributed by atoms with van der Waals surface area (Å²) in [5.41, 5.74) is 3.10. The van der Waals surface area contributed by atoms with Gasteiger partial charge >= 0.3 is 6.03 Å². The minimum Gasteiger partial charge on any atom is -0.338 e. The minimum atomic E-state index is -0.487. The topological polar surface area (TPSA) is 74.3 Å². The Labute approximate surface area is 220 Å². The molecule has 2 aromatic carbocycles. The van der Waals surface area contributed by atoms with E-state index in [0.717, 1.165) is 17.5 Å². The molecule has 3 amide bonds. The average molecular weight is 499 g/mol. The van der Waals surface area contributed by atoms with Gasteiger partial charge in [-0.15, -0.1) is 0 Å². The normalized spacial score (nSPS) is 18.2. The molecule has 4 atom stereocenters. The molecule has 1 aliphatic rings. The Morgan fingerprint density at radius 3 is 2.11 bits per heavy atom. The second-order valence-electron chi connectivity index (χ2n) is 10.4. The monoisotopic (exact) mass is 498 g/mol. The highest BCUT2D eigenvalue weighted by Gasteiger charge is 2.40. The molecular formula is C31H38N4O2. The zero-order chi connectivity index (χ0) is 26.4. The molecule has 0 spiro atoms. The molecule has 1 fully saturated rings. The van der Waals surface area contributed by atoms with Gasteiger partial charge in [-0.1, -0.05) is 66.7 Å². The Morgan fingerprint density at radius 1 is 0.892 bits per heavy atom. The smallest absolute Gasteiger partial charge is 0.315 e. The van der Waals surface area contributed by atoms with Crippen molar-refractivity contribution in [3.63, 3.8) is 0 Å². The van der Waals surface area contributed by atoms with Crippen LogP contribution in [0.5, 0.6) is 0 Å². The highest BCUT2D eigenvalue weighted by molar-refractivity contribution is 5.85. The molecule has 4 rings (SSSR count). The molecule has 37 heavy (non-hydrogen) atoms. The van der Waals surface area contributed by atoms with E-state index in [1.807, 2.05) is 93.3 Å². The lowest BCUT2D eigenvalue weighted by atomic mass is 9.80. The number of hydrogen-bond acceptors (Lipinski definition) is 3. The van der Waals surface area contributed by atoms with E-state index in [0.29, 0.717) is 12.5 Å². The fraction of sp³-hybridized carbons (Fsp3) is 0.387. The van der Waals surface area contributed by atoms with Gasteiger partial charge in [0.25, 0.3) is 0 Å². The summed E-state index contributed by atoms with van der Waals surface area (Å²) in [5, 5.41) is 6.20. The van der Waals surface area contributed by atoms with Crippen LogP contribution >= 0.6 is 0 Å². The lowest BCUT2D eigenvalue weighted by Gasteiger charge is -2.37. The Bertz CT molecular complexity index is 1140. The molecule has 0 saturated heterocycles. The van der Waals surface area contributed by atoms with Crippen LogP contribution in [0, 0.1) is 0 Å². The summed E-state index contributed by atoms with van der Waals surface area (Å²) in [7, 11) is 0. The lowest BCUT2D eigenvalue weighted by molar-refractivity contribution is -0.137. The summed E-state index contributed by atoms with van der Waals surface area (Å²) in [4.78, 5) is 33.4. The number of rotatable bonds is 10. The number of pyridine rings is 1.